The minimum atomic E-state index is -0.158. The summed E-state index contributed by atoms with van der Waals surface area (Å²) in [6.07, 6.45) is 2.21. The molecule has 2 N–H and O–H groups in total. The highest BCUT2D eigenvalue weighted by molar-refractivity contribution is 6.21. The van der Waals surface area contributed by atoms with Gasteiger partial charge in [0.25, 0.3) is 5.88 Å². The van der Waals surface area contributed by atoms with Gasteiger partial charge in [0.15, 0.2) is 5.78 Å². The van der Waals surface area contributed by atoms with Gasteiger partial charge in [0.05, 0.1) is 31.2 Å². The van der Waals surface area contributed by atoms with Crippen LogP contribution in [0.5, 0.6) is 11.6 Å². The average molecular weight is 432 g/mol. The van der Waals surface area contributed by atoms with Gasteiger partial charge < -0.3 is 15.2 Å². The molecule has 0 aliphatic heterocycles. The summed E-state index contributed by atoms with van der Waals surface area (Å²) in [5, 5.41) is 8.71. The van der Waals surface area contributed by atoms with E-state index in [2.05, 4.69) is 20.2 Å². The fraction of sp³-hybridized carbons (Fsp3) is 0.261. The topological polar surface area (TPSA) is 118 Å². The van der Waals surface area contributed by atoms with Crippen LogP contribution in [0.25, 0.3) is 22.3 Å². The molecule has 9 heteroatoms. The molecule has 1 aromatic carbocycles. The van der Waals surface area contributed by atoms with Crippen LogP contribution in [0.1, 0.15) is 37.9 Å². The molecule has 0 atom stereocenters. The molecular weight excluding hydrogens is 408 g/mol. The van der Waals surface area contributed by atoms with Crippen molar-refractivity contribution in [2.45, 2.75) is 27.2 Å². The lowest BCUT2D eigenvalue weighted by molar-refractivity contribution is -0.111. The summed E-state index contributed by atoms with van der Waals surface area (Å²) in [5.41, 5.74) is 10.1. The first-order chi connectivity index (χ1) is 15.4. The Kier molecular flexibility index (Phi) is 5.72. The molecular formula is C23H24N6O3. The molecule has 0 saturated heterocycles. The number of pyridine rings is 1. The second-order valence-corrected chi connectivity index (χ2v) is 7.28. The molecule has 3 aromatic heterocycles. The van der Waals surface area contributed by atoms with E-state index in [0.29, 0.717) is 58.5 Å². The molecule has 3 heterocycles. The number of aromatic nitrogens is 5. The summed E-state index contributed by atoms with van der Waals surface area (Å²) in [7, 11) is 1.55. The van der Waals surface area contributed by atoms with Crippen molar-refractivity contribution in [3.63, 3.8) is 0 Å². The maximum Gasteiger partial charge on any atom is 0.260 e. The molecule has 0 aliphatic rings. The lowest BCUT2D eigenvalue weighted by Gasteiger charge is -2.15. The number of carbonyl (C=O) groups is 1. The van der Waals surface area contributed by atoms with Crippen molar-refractivity contribution < 1.29 is 14.3 Å². The molecule has 0 aliphatic carbocycles. The molecule has 0 saturated carbocycles. The van der Waals surface area contributed by atoms with Gasteiger partial charge in [-0.15, -0.1) is 10.2 Å². The van der Waals surface area contributed by atoms with E-state index < -0.39 is 0 Å². The largest absolute Gasteiger partial charge is 0.496 e. The van der Waals surface area contributed by atoms with E-state index in [0.717, 1.165) is 11.2 Å². The predicted octanol–water partition coefficient (Wildman–Crippen LogP) is 2.95. The highest BCUT2D eigenvalue weighted by Crippen LogP contribution is 2.34. The number of benzene rings is 1. The third kappa shape index (κ3) is 3.73. The molecule has 4 rings (SSSR count). The van der Waals surface area contributed by atoms with Crippen molar-refractivity contribution >= 4 is 28.0 Å². The van der Waals surface area contributed by atoms with E-state index in [1.807, 2.05) is 35.6 Å². The number of carbonyl (C=O) groups excluding carboxylic acids is 1. The van der Waals surface area contributed by atoms with Crippen LogP contribution in [0.3, 0.4) is 0 Å². The van der Waals surface area contributed by atoms with Crippen molar-refractivity contribution in [1.29, 1.82) is 0 Å². The Morgan fingerprint density at radius 2 is 2.00 bits per heavy atom. The zero-order valence-electron chi connectivity index (χ0n) is 18.4. The number of hydrogen-bond donors (Lipinski definition) is 1. The van der Waals surface area contributed by atoms with E-state index in [9.17, 15) is 4.79 Å². The van der Waals surface area contributed by atoms with Gasteiger partial charge in [-0.1, -0.05) is 6.07 Å². The van der Waals surface area contributed by atoms with Crippen LogP contribution in [-0.2, 0) is 11.2 Å². The van der Waals surface area contributed by atoms with E-state index in [1.165, 1.54) is 6.92 Å². The third-order valence-electron chi connectivity index (χ3n) is 5.04. The quantitative estimate of drug-likeness (QED) is 0.443. The van der Waals surface area contributed by atoms with Gasteiger partial charge in [-0.3, -0.25) is 14.2 Å². The number of nitrogens with two attached hydrogens (primary N) is 1. The second-order valence-electron chi connectivity index (χ2n) is 7.28. The van der Waals surface area contributed by atoms with E-state index in [1.54, 1.807) is 26.3 Å². The van der Waals surface area contributed by atoms with Crippen molar-refractivity contribution in [2.75, 3.05) is 13.7 Å². The fourth-order valence-electron chi connectivity index (χ4n) is 3.75. The summed E-state index contributed by atoms with van der Waals surface area (Å²) < 4.78 is 13.3. The number of hydrogen-bond acceptors (Lipinski definition) is 8. The Morgan fingerprint density at radius 3 is 2.62 bits per heavy atom. The van der Waals surface area contributed by atoms with Crippen LogP contribution in [0.2, 0.25) is 0 Å². The van der Waals surface area contributed by atoms with E-state index in [-0.39, 0.29) is 5.78 Å². The Balaban J connectivity index is 2.03. The predicted molar refractivity (Wildman–Crippen MR) is 121 cm³/mol. The number of ketones is 1. The first-order valence-corrected chi connectivity index (χ1v) is 10.2. The van der Waals surface area contributed by atoms with E-state index in [4.69, 9.17) is 15.2 Å². The summed E-state index contributed by atoms with van der Waals surface area (Å²) in [4.78, 5) is 21.4. The molecule has 9 nitrogen and oxygen atoms in total. The van der Waals surface area contributed by atoms with Crippen molar-refractivity contribution in [2.24, 2.45) is 5.73 Å². The molecule has 0 unspecified atom stereocenters. The Hall–Kier alpha value is -4.01. The number of Topliss-reactive ketones (excluding diaryl/α,β-unsaturated/α-hetero) is 1. The van der Waals surface area contributed by atoms with Crippen LogP contribution >= 0.6 is 0 Å². The highest BCUT2D eigenvalue weighted by Gasteiger charge is 2.21. The zero-order valence-corrected chi connectivity index (χ0v) is 18.4. The van der Waals surface area contributed by atoms with Gasteiger partial charge in [0.2, 0.25) is 5.65 Å². The second kappa shape index (κ2) is 8.62. The molecule has 0 fully saturated rings. The summed E-state index contributed by atoms with van der Waals surface area (Å²) in [6.45, 7) is 5.46. The van der Waals surface area contributed by atoms with Crippen LogP contribution in [-0.4, -0.2) is 44.1 Å². The van der Waals surface area contributed by atoms with Gasteiger partial charge in [-0.25, -0.2) is 4.98 Å². The van der Waals surface area contributed by atoms with Gasteiger partial charge >= 0.3 is 0 Å². The first kappa shape index (κ1) is 21.2. The normalized spacial score (nSPS) is 12.1. The number of allylic oxidation sites excluding steroid dienone is 2. The molecule has 0 amide bonds. The lowest BCUT2D eigenvalue weighted by Crippen LogP contribution is -2.08. The smallest absolute Gasteiger partial charge is 0.260 e. The SMILES string of the molecule is CCOc1nc2cc(C(C(C)=O)=C(C)N)c(OC)cc2n2c(Cc3ccccn3)nnc12. The lowest BCUT2D eigenvalue weighted by atomic mass is 9.98. The van der Waals surface area contributed by atoms with Crippen molar-refractivity contribution in [3.05, 3.63) is 59.3 Å². The maximum atomic E-state index is 12.3. The Morgan fingerprint density at radius 1 is 1.19 bits per heavy atom. The zero-order chi connectivity index (χ0) is 22.8. The Bertz CT molecular complexity index is 1340. The molecule has 0 spiro atoms. The molecule has 0 radical (unpaired) electrons. The van der Waals surface area contributed by atoms with Gasteiger partial charge in [0.1, 0.15) is 11.6 Å². The minimum absolute atomic E-state index is 0.158. The van der Waals surface area contributed by atoms with Gasteiger partial charge in [0, 0.05) is 34.8 Å². The van der Waals surface area contributed by atoms with Crippen molar-refractivity contribution in [3.8, 4) is 11.6 Å². The minimum Gasteiger partial charge on any atom is -0.496 e. The summed E-state index contributed by atoms with van der Waals surface area (Å²) in [5.74, 6) is 1.37. The molecule has 32 heavy (non-hydrogen) atoms. The molecule has 4 aromatic rings. The molecule has 0 bridgehead atoms. The van der Waals surface area contributed by atoms with Gasteiger partial charge in [-0.2, -0.15) is 0 Å². The third-order valence-corrected chi connectivity index (χ3v) is 5.04. The first-order valence-electron chi connectivity index (χ1n) is 10.2. The van der Waals surface area contributed by atoms with Crippen molar-refractivity contribution in [1.82, 2.24) is 24.6 Å². The van der Waals surface area contributed by atoms with E-state index >= 15 is 0 Å². The maximum absolute atomic E-state index is 12.3. The highest BCUT2D eigenvalue weighted by atomic mass is 16.5. The number of fused-ring (bicyclic) bond motifs is 3. The summed E-state index contributed by atoms with van der Waals surface area (Å²) >= 11 is 0. The number of nitrogens with zero attached hydrogens (tertiary/aromatic N) is 5. The fourth-order valence-corrected chi connectivity index (χ4v) is 3.75. The van der Waals surface area contributed by atoms with Gasteiger partial charge in [-0.05, 0) is 39.0 Å². The number of rotatable bonds is 7. The van der Waals surface area contributed by atoms with Crippen LogP contribution in [0.15, 0.2) is 42.2 Å². The standard InChI is InChI=1S/C23H24N6O3/c1-5-32-23-22-28-27-20(10-15-8-6-7-9-25-15)29(22)18-12-19(31-4)16(11-17(18)26-23)21(13(2)24)14(3)30/h6-9,11-12H,5,10,24H2,1-4H3. The van der Waals surface area contributed by atoms with Crippen LogP contribution < -0.4 is 15.2 Å². The van der Waals surface area contributed by atoms with Crippen LogP contribution in [0.4, 0.5) is 0 Å². The van der Waals surface area contributed by atoms with Crippen LogP contribution in [0, 0.1) is 0 Å². The average Bonchev–Trinajstić information content (AvgIpc) is 3.18. The number of ether oxygens (including phenoxy) is 2. The monoisotopic (exact) mass is 432 g/mol. The Labute approximate surface area is 184 Å². The number of methoxy groups -OCH3 is 1. The summed E-state index contributed by atoms with van der Waals surface area (Å²) in [6, 6.07) is 9.33. The molecule has 164 valence electrons.